The van der Waals surface area contributed by atoms with Crippen molar-refractivity contribution < 1.29 is 24.2 Å². The molecule has 1 rings (SSSR count). The number of aliphatic hydroxyl groups is 1. The Morgan fingerprint density at radius 1 is 1.36 bits per heavy atom. The van der Waals surface area contributed by atoms with Gasteiger partial charge in [0.2, 0.25) is 11.8 Å². The van der Waals surface area contributed by atoms with Crippen molar-refractivity contribution in [2.24, 2.45) is 7.05 Å². The summed E-state index contributed by atoms with van der Waals surface area (Å²) < 4.78 is 6.10. The molecule has 1 heterocycles. The monoisotopic (exact) mass is 373 g/mol. The van der Waals surface area contributed by atoms with Crippen molar-refractivity contribution in [3.63, 3.8) is 0 Å². The standard InChI is InChI=1S/C14H23N5O5S/c1-9(21)15-12(13(22)16-11(7-20)14(23)24-3)8-25-5-4-10-6-19(2)18-17-10/h6,11-12,20H,4-5,7-8H2,1-3H3,(H,15,21)(H,16,22)/t11-,12-/m0/s1. The number of ether oxygens (including phenoxy) is 1. The number of methoxy groups -OCH3 is 1. The van der Waals surface area contributed by atoms with Crippen molar-refractivity contribution in [3.8, 4) is 0 Å². The van der Waals surface area contributed by atoms with Crippen molar-refractivity contribution in [3.05, 3.63) is 11.9 Å². The van der Waals surface area contributed by atoms with Crippen LogP contribution in [-0.4, -0.2) is 75.2 Å². The van der Waals surface area contributed by atoms with E-state index in [4.69, 9.17) is 5.11 Å². The Bertz CT molecular complexity index is 594. The van der Waals surface area contributed by atoms with E-state index in [1.165, 1.54) is 18.7 Å². The molecular formula is C14H23N5O5S. The van der Waals surface area contributed by atoms with Crippen LogP contribution >= 0.6 is 11.8 Å². The van der Waals surface area contributed by atoms with Crippen LogP contribution in [-0.2, 0) is 32.6 Å². The molecule has 0 unspecified atom stereocenters. The molecule has 0 bridgehead atoms. The number of aliphatic hydroxyl groups excluding tert-OH is 1. The summed E-state index contributed by atoms with van der Waals surface area (Å²) in [6, 6.07) is -2.00. The number of carbonyl (C=O) groups is 3. The van der Waals surface area contributed by atoms with E-state index in [1.54, 1.807) is 17.9 Å². The molecule has 0 aromatic carbocycles. The molecule has 11 heteroatoms. The molecule has 3 N–H and O–H groups in total. The summed E-state index contributed by atoms with van der Waals surface area (Å²) >= 11 is 1.45. The van der Waals surface area contributed by atoms with Crippen LogP contribution in [0, 0.1) is 0 Å². The van der Waals surface area contributed by atoms with Gasteiger partial charge >= 0.3 is 5.97 Å². The molecule has 0 spiro atoms. The Labute approximate surface area is 149 Å². The van der Waals surface area contributed by atoms with E-state index >= 15 is 0 Å². The number of carbonyl (C=O) groups excluding carboxylic acids is 3. The molecule has 10 nitrogen and oxygen atoms in total. The summed E-state index contributed by atoms with van der Waals surface area (Å²) in [6.45, 7) is 0.708. The predicted molar refractivity (Wildman–Crippen MR) is 90.7 cm³/mol. The van der Waals surface area contributed by atoms with Gasteiger partial charge in [0.05, 0.1) is 19.4 Å². The number of nitrogens with zero attached hydrogens (tertiary/aromatic N) is 3. The molecule has 1 aromatic rings. The zero-order valence-corrected chi connectivity index (χ0v) is 15.2. The summed E-state index contributed by atoms with van der Waals surface area (Å²) in [6.07, 6.45) is 2.48. The highest BCUT2D eigenvalue weighted by atomic mass is 32.2. The molecule has 2 atom stereocenters. The normalized spacial score (nSPS) is 13.0. The second kappa shape index (κ2) is 10.7. The van der Waals surface area contributed by atoms with E-state index in [0.717, 1.165) is 12.8 Å². The van der Waals surface area contributed by atoms with Crippen LogP contribution in [0.1, 0.15) is 12.6 Å². The van der Waals surface area contributed by atoms with Crippen molar-refractivity contribution in [1.82, 2.24) is 25.6 Å². The highest BCUT2D eigenvalue weighted by Gasteiger charge is 2.26. The van der Waals surface area contributed by atoms with Crippen LogP contribution < -0.4 is 10.6 Å². The SMILES string of the molecule is COC(=O)[C@H](CO)NC(=O)[C@H](CSCCc1cn(C)nn1)NC(C)=O. The fourth-order valence-electron chi connectivity index (χ4n) is 1.91. The number of aryl methyl sites for hydroxylation is 2. The van der Waals surface area contributed by atoms with Crippen LogP contribution in [0.5, 0.6) is 0 Å². The highest BCUT2D eigenvalue weighted by molar-refractivity contribution is 7.99. The lowest BCUT2D eigenvalue weighted by atomic mass is 10.2. The zero-order valence-electron chi connectivity index (χ0n) is 14.4. The Morgan fingerprint density at radius 2 is 2.08 bits per heavy atom. The first-order valence-electron chi connectivity index (χ1n) is 7.56. The number of nitrogens with one attached hydrogen (secondary N) is 2. The van der Waals surface area contributed by atoms with Crippen LogP contribution in [0.3, 0.4) is 0 Å². The first kappa shape index (κ1) is 20.9. The van der Waals surface area contributed by atoms with Crippen LogP contribution in [0.2, 0.25) is 0 Å². The Hall–Kier alpha value is -2.14. The van der Waals surface area contributed by atoms with Gasteiger partial charge in [-0.1, -0.05) is 5.21 Å². The van der Waals surface area contributed by atoms with Gasteiger partial charge in [0.15, 0.2) is 6.04 Å². The molecule has 0 aliphatic carbocycles. The van der Waals surface area contributed by atoms with Crippen LogP contribution in [0.4, 0.5) is 0 Å². The maximum absolute atomic E-state index is 12.3. The van der Waals surface area contributed by atoms with Gasteiger partial charge in [0.1, 0.15) is 6.04 Å². The maximum atomic E-state index is 12.3. The molecule has 0 aliphatic heterocycles. The number of amides is 2. The third-order valence-corrected chi connectivity index (χ3v) is 4.18. The lowest BCUT2D eigenvalue weighted by Crippen LogP contribution is -2.53. The summed E-state index contributed by atoms with van der Waals surface area (Å²) in [5, 5.41) is 21.9. The van der Waals surface area contributed by atoms with E-state index in [0.29, 0.717) is 17.9 Å². The summed E-state index contributed by atoms with van der Waals surface area (Å²) in [5.74, 6) is -0.694. The average Bonchev–Trinajstić information content (AvgIpc) is 2.99. The zero-order chi connectivity index (χ0) is 18.8. The Balaban J connectivity index is 2.52. The van der Waals surface area contributed by atoms with Gasteiger partial charge in [-0.15, -0.1) is 5.10 Å². The molecule has 0 saturated heterocycles. The van der Waals surface area contributed by atoms with E-state index in [2.05, 4.69) is 25.7 Å². The molecule has 1 aromatic heterocycles. The lowest BCUT2D eigenvalue weighted by molar-refractivity contribution is -0.146. The van der Waals surface area contributed by atoms with E-state index < -0.39 is 30.6 Å². The molecule has 140 valence electrons. The molecule has 0 radical (unpaired) electrons. The molecule has 0 saturated carbocycles. The fourth-order valence-corrected chi connectivity index (χ4v) is 2.90. The predicted octanol–water partition coefficient (Wildman–Crippen LogP) is -1.75. The van der Waals surface area contributed by atoms with Gasteiger partial charge in [0, 0.05) is 32.3 Å². The third kappa shape index (κ3) is 7.52. The number of hydrogen-bond donors (Lipinski definition) is 3. The minimum atomic E-state index is -1.17. The van der Waals surface area contributed by atoms with E-state index in [9.17, 15) is 14.4 Å². The maximum Gasteiger partial charge on any atom is 0.330 e. The van der Waals surface area contributed by atoms with Crippen LogP contribution in [0.25, 0.3) is 0 Å². The summed E-state index contributed by atoms with van der Waals surface area (Å²) in [7, 11) is 2.93. The Kier molecular flexibility index (Phi) is 8.92. The number of esters is 1. The number of thioether (sulfide) groups is 1. The molecule has 0 fully saturated rings. The minimum absolute atomic E-state index is 0.311. The first-order valence-corrected chi connectivity index (χ1v) is 8.72. The van der Waals surface area contributed by atoms with Crippen molar-refractivity contribution in [1.29, 1.82) is 0 Å². The van der Waals surface area contributed by atoms with E-state index in [-0.39, 0.29) is 5.91 Å². The Morgan fingerprint density at radius 3 is 2.60 bits per heavy atom. The van der Waals surface area contributed by atoms with E-state index in [1.807, 2.05) is 0 Å². The fraction of sp³-hybridized carbons (Fsp3) is 0.643. The number of rotatable bonds is 10. The minimum Gasteiger partial charge on any atom is -0.467 e. The highest BCUT2D eigenvalue weighted by Crippen LogP contribution is 2.07. The molecule has 2 amide bonds. The van der Waals surface area contributed by atoms with Gasteiger partial charge < -0.3 is 20.5 Å². The molecule has 25 heavy (non-hydrogen) atoms. The summed E-state index contributed by atoms with van der Waals surface area (Å²) in [5.41, 5.74) is 0.835. The van der Waals surface area contributed by atoms with Gasteiger partial charge in [0.25, 0.3) is 0 Å². The number of aromatic nitrogens is 3. The molecule has 0 aliphatic rings. The smallest absolute Gasteiger partial charge is 0.330 e. The van der Waals surface area contributed by atoms with Crippen molar-refractivity contribution >= 4 is 29.5 Å². The second-order valence-electron chi connectivity index (χ2n) is 5.23. The van der Waals surface area contributed by atoms with Crippen molar-refractivity contribution in [2.45, 2.75) is 25.4 Å². The third-order valence-electron chi connectivity index (χ3n) is 3.12. The van der Waals surface area contributed by atoms with Gasteiger partial charge in [-0.25, -0.2) is 4.79 Å². The van der Waals surface area contributed by atoms with Crippen LogP contribution in [0.15, 0.2) is 6.20 Å². The van der Waals surface area contributed by atoms with Crippen molar-refractivity contribution in [2.75, 3.05) is 25.2 Å². The number of hydrogen-bond acceptors (Lipinski definition) is 8. The molecular weight excluding hydrogens is 350 g/mol. The first-order chi connectivity index (χ1) is 11.9. The summed E-state index contributed by atoms with van der Waals surface area (Å²) in [4.78, 5) is 35.0. The lowest BCUT2D eigenvalue weighted by Gasteiger charge is -2.20. The van der Waals surface area contributed by atoms with Gasteiger partial charge in [-0.05, 0) is 5.75 Å². The van der Waals surface area contributed by atoms with Gasteiger partial charge in [-0.3, -0.25) is 14.3 Å². The second-order valence-corrected chi connectivity index (χ2v) is 6.38. The topological polar surface area (TPSA) is 135 Å². The quantitative estimate of drug-likeness (QED) is 0.324. The average molecular weight is 373 g/mol. The van der Waals surface area contributed by atoms with Gasteiger partial charge in [-0.2, -0.15) is 11.8 Å². The largest absolute Gasteiger partial charge is 0.467 e.